The summed E-state index contributed by atoms with van der Waals surface area (Å²) in [6.45, 7) is 4.88. The average molecular weight is 393 g/mol. The lowest BCUT2D eigenvalue weighted by molar-refractivity contribution is 0.165. The van der Waals surface area contributed by atoms with Gasteiger partial charge in [-0.15, -0.1) is 0 Å². The third kappa shape index (κ3) is 4.54. The molecule has 1 aliphatic heterocycles. The van der Waals surface area contributed by atoms with Gasteiger partial charge in [0.2, 0.25) is 5.75 Å². The van der Waals surface area contributed by atoms with E-state index in [4.69, 9.17) is 14.2 Å². The van der Waals surface area contributed by atoms with Crippen LogP contribution in [0.2, 0.25) is 0 Å². The summed E-state index contributed by atoms with van der Waals surface area (Å²) in [5.41, 5.74) is 4.59. The Morgan fingerprint density at radius 1 is 1.14 bits per heavy atom. The van der Waals surface area contributed by atoms with Crippen molar-refractivity contribution in [1.29, 1.82) is 0 Å². The van der Waals surface area contributed by atoms with E-state index in [0.717, 1.165) is 54.4 Å². The van der Waals surface area contributed by atoms with Gasteiger partial charge < -0.3 is 19.5 Å². The molecular formula is C23H27N3O3. The molecule has 0 aliphatic carbocycles. The van der Waals surface area contributed by atoms with Crippen molar-refractivity contribution in [2.75, 3.05) is 26.9 Å². The van der Waals surface area contributed by atoms with Gasteiger partial charge in [0.15, 0.2) is 11.5 Å². The third-order valence-corrected chi connectivity index (χ3v) is 5.04. The lowest BCUT2D eigenvalue weighted by atomic mass is 10.1. The van der Waals surface area contributed by atoms with Crippen LogP contribution in [0.3, 0.4) is 0 Å². The Kier molecular flexibility index (Phi) is 6.00. The molecule has 6 nitrogen and oxygen atoms in total. The molecule has 0 spiro atoms. The summed E-state index contributed by atoms with van der Waals surface area (Å²) in [5, 5.41) is 8.15. The van der Waals surface area contributed by atoms with E-state index in [1.165, 1.54) is 5.56 Å². The minimum atomic E-state index is 0.557. The van der Waals surface area contributed by atoms with Gasteiger partial charge in [0, 0.05) is 12.7 Å². The molecule has 3 aromatic rings. The quantitative estimate of drug-likeness (QED) is 0.592. The second kappa shape index (κ2) is 9.01. The van der Waals surface area contributed by atoms with Crippen molar-refractivity contribution in [1.82, 2.24) is 15.1 Å². The van der Waals surface area contributed by atoms with Crippen LogP contribution in [0.25, 0.3) is 5.69 Å². The number of ether oxygens (including phenoxy) is 3. The highest BCUT2D eigenvalue weighted by Crippen LogP contribution is 2.40. The zero-order valence-electron chi connectivity index (χ0n) is 17.0. The molecule has 0 unspecified atom stereocenters. The predicted molar refractivity (Wildman–Crippen MR) is 112 cm³/mol. The fourth-order valence-corrected chi connectivity index (χ4v) is 3.52. The Morgan fingerprint density at radius 2 is 1.97 bits per heavy atom. The zero-order valence-corrected chi connectivity index (χ0v) is 17.0. The molecule has 4 rings (SSSR count). The number of benzene rings is 2. The Balaban J connectivity index is 1.29. The maximum Gasteiger partial charge on any atom is 0.203 e. The smallest absolute Gasteiger partial charge is 0.203 e. The lowest BCUT2D eigenvalue weighted by Crippen LogP contribution is -2.18. The van der Waals surface area contributed by atoms with Gasteiger partial charge in [-0.25, -0.2) is 4.68 Å². The van der Waals surface area contributed by atoms with Crippen molar-refractivity contribution in [3.8, 4) is 22.9 Å². The van der Waals surface area contributed by atoms with Gasteiger partial charge in [-0.05, 0) is 61.7 Å². The minimum absolute atomic E-state index is 0.557. The minimum Gasteiger partial charge on any atom is -0.493 e. The highest BCUT2D eigenvalue weighted by molar-refractivity contribution is 5.54. The van der Waals surface area contributed by atoms with Crippen LogP contribution in [-0.4, -0.2) is 36.6 Å². The number of nitrogens with one attached hydrogen (secondary N) is 1. The van der Waals surface area contributed by atoms with Crippen LogP contribution < -0.4 is 19.5 Å². The summed E-state index contributed by atoms with van der Waals surface area (Å²) in [4.78, 5) is 0. The van der Waals surface area contributed by atoms with Crippen LogP contribution in [0, 0.1) is 6.92 Å². The maximum absolute atomic E-state index is 5.70. The van der Waals surface area contributed by atoms with Crippen molar-refractivity contribution in [2.45, 2.75) is 26.3 Å². The number of hydrogen-bond donors (Lipinski definition) is 1. The molecule has 0 saturated carbocycles. The van der Waals surface area contributed by atoms with E-state index in [1.54, 1.807) is 7.11 Å². The molecule has 1 aromatic heterocycles. The van der Waals surface area contributed by atoms with Gasteiger partial charge in [-0.3, -0.25) is 0 Å². The summed E-state index contributed by atoms with van der Waals surface area (Å²) in [6, 6.07) is 14.3. The van der Waals surface area contributed by atoms with E-state index in [-0.39, 0.29) is 0 Å². The van der Waals surface area contributed by atoms with Gasteiger partial charge in [-0.2, -0.15) is 5.10 Å². The first-order chi connectivity index (χ1) is 14.2. The molecule has 0 atom stereocenters. The van der Waals surface area contributed by atoms with Crippen molar-refractivity contribution in [3.63, 3.8) is 0 Å². The first-order valence-electron chi connectivity index (χ1n) is 10.0. The third-order valence-electron chi connectivity index (χ3n) is 5.04. The molecule has 0 bridgehead atoms. The first-order valence-corrected chi connectivity index (χ1v) is 10.0. The van der Waals surface area contributed by atoms with Gasteiger partial charge in [-0.1, -0.05) is 18.2 Å². The van der Waals surface area contributed by atoms with Crippen LogP contribution in [-0.2, 0) is 13.0 Å². The Bertz CT molecular complexity index is 936. The van der Waals surface area contributed by atoms with Gasteiger partial charge in [0.05, 0.1) is 18.5 Å². The largest absolute Gasteiger partial charge is 0.493 e. The van der Waals surface area contributed by atoms with Crippen LogP contribution >= 0.6 is 0 Å². The predicted octanol–water partition coefficient (Wildman–Crippen LogP) is 3.68. The van der Waals surface area contributed by atoms with Crippen LogP contribution in [0.5, 0.6) is 17.2 Å². The topological polar surface area (TPSA) is 57.5 Å². The molecule has 0 amide bonds. The number of methoxy groups -OCH3 is 1. The van der Waals surface area contributed by atoms with Crippen molar-refractivity contribution < 1.29 is 14.2 Å². The number of para-hydroxylation sites is 1. The summed E-state index contributed by atoms with van der Waals surface area (Å²) in [5.74, 6) is 2.19. The highest BCUT2D eigenvalue weighted by atomic mass is 16.6. The SMILES string of the molecule is COc1cc(CNCCCc2cn(-c3ccccc3)nc2C)cc2c1OCCO2. The van der Waals surface area contributed by atoms with Crippen molar-refractivity contribution in [2.24, 2.45) is 0 Å². The molecule has 0 fully saturated rings. The highest BCUT2D eigenvalue weighted by Gasteiger charge is 2.18. The molecule has 1 N–H and O–H groups in total. The summed E-state index contributed by atoms with van der Waals surface area (Å²) in [7, 11) is 1.66. The Hall–Kier alpha value is -2.99. The standard InChI is InChI=1S/C23H27N3O3/c1-17-19(16-26(25-17)20-8-4-3-5-9-20)7-6-10-24-15-18-13-21(27-2)23-22(14-18)28-11-12-29-23/h3-5,8-9,13-14,16,24H,6-7,10-12,15H2,1-2H3. The summed E-state index contributed by atoms with van der Waals surface area (Å²) >= 11 is 0. The Labute approximate surface area is 171 Å². The van der Waals surface area contributed by atoms with E-state index >= 15 is 0 Å². The van der Waals surface area contributed by atoms with Gasteiger partial charge in [0.25, 0.3) is 0 Å². The van der Waals surface area contributed by atoms with E-state index in [1.807, 2.05) is 35.0 Å². The zero-order chi connectivity index (χ0) is 20.1. The fourth-order valence-electron chi connectivity index (χ4n) is 3.52. The molecule has 152 valence electrons. The summed E-state index contributed by atoms with van der Waals surface area (Å²) < 4.78 is 18.8. The fraction of sp³-hybridized carbons (Fsp3) is 0.348. The molecule has 2 aromatic carbocycles. The molecule has 29 heavy (non-hydrogen) atoms. The van der Waals surface area contributed by atoms with E-state index in [2.05, 4.69) is 35.7 Å². The van der Waals surface area contributed by atoms with Crippen molar-refractivity contribution in [3.05, 3.63) is 65.5 Å². The van der Waals surface area contributed by atoms with E-state index in [9.17, 15) is 0 Å². The summed E-state index contributed by atoms with van der Waals surface area (Å²) in [6.07, 6.45) is 4.18. The van der Waals surface area contributed by atoms with Crippen molar-refractivity contribution >= 4 is 0 Å². The van der Waals surface area contributed by atoms with Crippen LogP contribution in [0.15, 0.2) is 48.7 Å². The van der Waals surface area contributed by atoms with Crippen LogP contribution in [0.4, 0.5) is 0 Å². The number of hydrogen-bond acceptors (Lipinski definition) is 5. The van der Waals surface area contributed by atoms with Gasteiger partial charge in [0.1, 0.15) is 13.2 Å². The number of aryl methyl sites for hydroxylation is 2. The molecule has 0 radical (unpaired) electrons. The second-order valence-corrected chi connectivity index (χ2v) is 7.12. The molecule has 1 aliphatic rings. The first kappa shape index (κ1) is 19.3. The normalized spacial score (nSPS) is 12.8. The number of rotatable bonds is 8. The monoisotopic (exact) mass is 393 g/mol. The Morgan fingerprint density at radius 3 is 2.79 bits per heavy atom. The average Bonchev–Trinajstić information content (AvgIpc) is 3.14. The molecule has 2 heterocycles. The number of aromatic nitrogens is 2. The number of fused-ring (bicyclic) bond motifs is 1. The molecular weight excluding hydrogens is 366 g/mol. The van der Waals surface area contributed by atoms with E-state index in [0.29, 0.717) is 19.0 Å². The van der Waals surface area contributed by atoms with E-state index < -0.39 is 0 Å². The lowest BCUT2D eigenvalue weighted by Gasteiger charge is -2.21. The maximum atomic E-state index is 5.70. The number of nitrogens with zero attached hydrogens (tertiary/aromatic N) is 2. The molecule has 6 heteroatoms. The van der Waals surface area contributed by atoms with Crippen LogP contribution in [0.1, 0.15) is 23.2 Å². The molecule has 0 saturated heterocycles. The second-order valence-electron chi connectivity index (χ2n) is 7.12. The van der Waals surface area contributed by atoms with Gasteiger partial charge >= 0.3 is 0 Å².